The number of methoxy groups -OCH3 is 1. The van der Waals surface area contributed by atoms with Crippen molar-refractivity contribution in [2.75, 3.05) is 20.3 Å². The van der Waals surface area contributed by atoms with Gasteiger partial charge in [-0.05, 0) is 55.0 Å². The highest BCUT2D eigenvalue weighted by Crippen LogP contribution is 2.31. The first-order chi connectivity index (χ1) is 11.3. The van der Waals surface area contributed by atoms with Gasteiger partial charge in [0, 0.05) is 30.2 Å². The highest BCUT2D eigenvalue weighted by Gasteiger charge is 2.10. The van der Waals surface area contributed by atoms with Crippen LogP contribution in [0.5, 0.6) is 11.5 Å². The number of ether oxygens (including phenoxy) is 2. The first kappa shape index (κ1) is 15.4. The highest BCUT2D eigenvalue weighted by atomic mass is 16.5. The molecule has 0 unspecified atom stereocenters. The summed E-state index contributed by atoms with van der Waals surface area (Å²) in [6.07, 6.45) is 0. The summed E-state index contributed by atoms with van der Waals surface area (Å²) in [7, 11) is 1.70. The van der Waals surface area contributed by atoms with Crippen LogP contribution in [-0.2, 0) is 6.54 Å². The zero-order valence-electron chi connectivity index (χ0n) is 13.6. The van der Waals surface area contributed by atoms with Crippen molar-refractivity contribution in [3.63, 3.8) is 0 Å². The molecule has 0 aliphatic carbocycles. The third kappa shape index (κ3) is 3.03. The van der Waals surface area contributed by atoms with Gasteiger partial charge in [-0.1, -0.05) is 0 Å². The Hall–Kier alpha value is -2.46. The molecule has 4 nitrogen and oxygen atoms in total. The van der Waals surface area contributed by atoms with Gasteiger partial charge in [0.1, 0.15) is 18.1 Å². The van der Waals surface area contributed by atoms with Crippen LogP contribution in [0, 0.1) is 0 Å². The topological polar surface area (TPSA) is 49.4 Å². The van der Waals surface area contributed by atoms with E-state index in [1.165, 1.54) is 22.2 Å². The number of nitrogens with two attached hydrogens (primary N) is 1. The lowest BCUT2D eigenvalue weighted by atomic mass is 10.1. The van der Waals surface area contributed by atoms with Crippen molar-refractivity contribution >= 4 is 10.9 Å². The smallest absolute Gasteiger partial charge is 0.120 e. The zero-order chi connectivity index (χ0) is 16.2. The third-order valence-electron chi connectivity index (χ3n) is 3.96. The average molecular weight is 310 g/mol. The van der Waals surface area contributed by atoms with Crippen LogP contribution in [0.25, 0.3) is 22.2 Å². The maximum Gasteiger partial charge on any atom is 0.120 e. The number of hydrogen-bond donors (Lipinski definition) is 1. The maximum atomic E-state index is 5.54. The Balaban J connectivity index is 2.01. The molecule has 4 heteroatoms. The second-order valence-electron chi connectivity index (χ2n) is 5.36. The van der Waals surface area contributed by atoms with Crippen molar-refractivity contribution in [2.45, 2.75) is 13.5 Å². The molecule has 0 radical (unpaired) electrons. The second-order valence-corrected chi connectivity index (χ2v) is 5.36. The molecule has 0 amide bonds. The minimum atomic E-state index is 0.521. The number of aryl methyl sites for hydroxylation is 1. The van der Waals surface area contributed by atoms with E-state index in [0.717, 1.165) is 18.0 Å². The first-order valence-electron chi connectivity index (χ1n) is 7.87. The number of fused-ring (bicyclic) bond motifs is 1. The predicted octanol–water partition coefficient (Wildman–Crippen LogP) is 3.67. The summed E-state index contributed by atoms with van der Waals surface area (Å²) in [6, 6.07) is 16.5. The Morgan fingerprint density at radius 1 is 1.00 bits per heavy atom. The molecule has 0 bridgehead atoms. The van der Waals surface area contributed by atoms with Crippen LogP contribution in [0.3, 0.4) is 0 Å². The molecule has 0 fully saturated rings. The quantitative estimate of drug-likeness (QED) is 0.755. The van der Waals surface area contributed by atoms with E-state index in [1.54, 1.807) is 7.11 Å². The number of aromatic nitrogens is 1. The first-order valence-corrected chi connectivity index (χ1v) is 7.87. The Morgan fingerprint density at radius 2 is 1.74 bits per heavy atom. The lowest BCUT2D eigenvalue weighted by molar-refractivity contribution is 0.328. The van der Waals surface area contributed by atoms with Gasteiger partial charge >= 0.3 is 0 Å². The van der Waals surface area contributed by atoms with E-state index in [1.807, 2.05) is 18.2 Å². The zero-order valence-corrected chi connectivity index (χ0v) is 13.6. The summed E-state index contributed by atoms with van der Waals surface area (Å²) >= 11 is 0. The number of hydrogen-bond acceptors (Lipinski definition) is 3. The van der Waals surface area contributed by atoms with Crippen LogP contribution in [0.2, 0.25) is 0 Å². The monoisotopic (exact) mass is 310 g/mol. The molecular weight excluding hydrogens is 288 g/mol. The predicted molar refractivity (Wildman–Crippen MR) is 94.1 cm³/mol. The molecule has 1 aromatic heterocycles. The van der Waals surface area contributed by atoms with Gasteiger partial charge < -0.3 is 19.8 Å². The molecule has 120 valence electrons. The van der Waals surface area contributed by atoms with E-state index in [0.29, 0.717) is 13.2 Å². The fraction of sp³-hybridized carbons (Fsp3) is 0.263. The number of nitrogens with zero attached hydrogens (tertiary/aromatic N) is 1. The van der Waals surface area contributed by atoms with Gasteiger partial charge in [0.25, 0.3) is 0 Å². The van der Waals surface area contributed by atoms with E-state index in [-0.39, 0.29) is 0 Å². The number of benzene rings is 2. The van der Waals surface area contributed by atoms with Gasteiger partial charge in [-0.15, -0.1) is 0 Å². The summed E-state index contributed by atoms with van der Waals surface area (Å²) in [4.78, 5) is 0. The Kier molecular flexibility index (Phi) is 4.53. The molecule has 3 aromatic rings. The third-order valence-corrected chi connectivity index (χ3v) is 3.96. The van der Waals surface area contributed by atoms with E-state index in [9.17, 15) is 0 Å². The molecule has 2 N–H and O–H groups in total. The molecule has 0 aliphatic heterocycles. The summed E-state index contributed by atoms with van der Waals surface area (Å²) in [5, 5.41) is 1.21. The molecule has 23 heavy (non-hydrogen) atoms. The van der Waals surface area contributed by atoms with Crippen LogP contribution >= 0.6 is 0 Å². The molecule has 0 saturated carbocycles. The molecule has 2 aromatic carbocycles. The van der Waals surface area contributed by atoms with Gasteiger partial charge in [0.2, 0.25) is 0 Å². The molecule has 0 saturated heterocycles. The minimum Gasteiger partial charge on any atom is -0.497 e. The van der Waals surface area contributed by atoms with Crippen molar-refractivity contribution in [2.24, 2.45) is 5.73 Å². The van der Waals surface area contributed by atoms with Crippen LogP contribution in [0.15, 0.2) is 48.5 Å². The number of rotatable bonds is 6. The van der Waals surface area contributed by atoms with E-state index in [4.69, 9.17) is 15.2 Å². The van der Waals surface area contributed by atoms with Crippen LogP contribution < -0.4 is 15.2 Å². The maximum absolute atomic E-state index is 5.54. The fourth-order valence-corrected chi connectivity index (χ4v) is 2.84. The van der Waals surface area contributed by atoms with Crippen molar-refractivity contribution in [3.8, 4) is 22.8 Å². The standard InChI is InChI=1S/C19H22N2O2/c1-3-21-18(12-15-6-9-17(22-2)13-19(15)21)14-4-7-16(8-5-14)23-11-10-20/h4-9,12-13H,3,10-11,20H2,1-2H3. The molecule has 0 aliphatic rings. The largest absolute Gasteiger partial charge is 0.497 e. The molecule has 3 rings (SSSR count). The van der Waals surface area contributed by atoms with Crippen LogP contribution in [0.4, 0.5) is 0 Å². The SMILES string of the molecule is CCn1c(-c2ccc(OCCN)cc2)cc2ccc(OC)cc21. The molecular formula is C19H22N2O2. The minimum absolute atomic E-state index is 0.521. The Labute approximate surface area is 136 Å². The van der Waals surface area contributed by atoms with Crippen molar-refractivity contribution < 1.29 is 9.47 Å². The summed E-state index contributed by atoms with van der Waals surface area (Å²) in [6.45, 7) is 4.11. The van der Waals surface area contributed by atoms with Crippen molar-refractivity contribution in [1.29, 1.82) is 0 Å². The summed E-state index contributed by atoms with van der Waals surface area (Å²) in [5.41, 5.74) is 9.01. The second kappa shape index (κ2) is 6.75. The highest BCUT2D eigenvalue weighted by molar-refractivity contribution is 5.88. The van der Waals surface area contributed by atoms with E-state index in [2.05, 4.69) is 41.8 Å². The van der Waals surface area contributed by atoms with Gasteiger partial charge in [-0.25, -0.2) is 0 Å². The molecule has 0 spiro atoms. The Bertz CT molecular complexity index is 791. The van der Waals surface area contributed by atoms with Crippen molar-refractivity contribution in [3.05, 3.63) is 48.5 Å². The van der Waals surface area contributed by atoms with E-state index >= 15 is 0 Å². The summed E-state index contributed by atoms with van der Waals surface area (Å²) < 4.78 is 13.2. The lowest BCUT2D eigenvalue weighted by Gasteiger charge is -2.10. The van der Waals surface area contributed by atoms with Gasteiger partial charge in [-0.2, -0.15) is 0 Å². The van der Waals surface area contributed by atoms with Gasteiger partial charge in [-0.3, -0.25) is 0 Å². The Morgan fingerprint density at radius 3 is 2.39 bits per heavy atom. The van der Waals surface area contributed by atoms with Crippen LogP contribution in [0.1, 0.15) is 6.92 Å². The van der Waals surface area contributed by atoms with Crippen LogP contribution in [-0.4, -0.2) is 24.8 Å². The fourth-order valence-electron chi connectivity index (χ4n) is 2.84. The summed E-state index contributed by atoms with van der Waals surface area (Å²) in [5.74, 6) is 1.72. The van der Waals surface area contributed by atoms with Crippen molar-refractivity contribution in [1.82, 2.24) is 4.57 Å². The molecule has 0 atom stereocenters. The lowest BCUT2D eigenvalue weighted by Crippen LogP contribution is -2.10. The van der Waals surface area contributed by atoms with E-state index < -0.39 is 0 Å². The van der Waals surface area contributed by atoms with Gasteiger partial charge in [0.15, 0.2) is 0 Å². The molecule has 1 heterocycles. The van der Waals surface area contributed by atoms with Gasteiger partial charge in [0.05, 0.1) is 12.6 Å². The normalized spacial score (nSPS) is 10.9. The average Bonchev–Trinajstić information content (AvgIpc) is 2.97.